The van der Waals surface area contributed by atoms with Gasteiger partial charge in [0.1, 0.15) is 0 Å². The molecule has 1 aliphatic heterocycles. The molecule has 1 aromatic rings. The maximum atomic E-state index is 6.05. The predicted octanol–water partition coefficient (Wildman–Crippen LogP) is 3.47. The molecule has 2 nitrogen and oxygen atoms in total. The minimum Gasteiger partial charge on any atom is -0.329 e. The summed E-state index contributed by atoms with van der Waals surface area (Å²) < 4.78 is 0. The minimum absolute atomic E-state index is 0.385. The Morgan fingerprint density at radius 1 is 1.10 bits per heavy atom. The fraction of sp³-hybridized carbons (Fsp3) is 0.667. The van der Waals surface area contributed by atoms with Crippen molar-refractivity contribution in [2.75, 3.05) is 19.6 Å². The Labute approximate surface area is 124 Å². The summed E-state index contributed by atoms with van der Waals surface area (Å²) in [4.78, 5) is 2.56. The van der Waals surface area contributed by atoms with E-state index in [0.717, 1.165) is 18.3 Å². The van der Waals surface area contributed by atoms with E-state index in [0.29, 0.717) is 18.5 Å². The van der Waals surface area contributed by atoms with Crippen molar-refractivity contribution in [1.82, 2.24) is 4.90 Å². The highest BCUT2D eigenvalue weighted by Gasteiger charge is 2.30. The molecule has 1 aromatic carbocycles. The van der Waals surface area contributed by atoms with Gasteiger partial charge in [-0.1, -0.05) is 52.0 Å². The van der Waals surface area contributed by atoms with E-state index in [-0.39, 0.29) is 0 Å². The van der Waals surface area contributed by atoms with Crippen LogP contribution in [0, 0.1) is 17.8 Å². The molecule has 1 aliphatic rings. The van der Waals surface area contributed by atoms with Crippen LogP contribution in [0.5, 0.6) is 0 Å². The molecule has 0 bridgehead atoms. The first-order valence-corrected chi connectivity index (χ1v) is 8.04. The highest BCUT2D eigenvalue weighted by molar-refractivity contribution is 5.26. The Kier molecular flexibility index (Phi) is 5.22. The zero-order chi connectivity index (χ0) is 14.7. The molecule has 0 aromatic heterocycles. The van der Waals surface area contributed by atoms with Crippen molar-refractivity contribution >= 4 is 0 Å². The maximum absolute atomic E-state index is 6.05. The molecule has 0 spiro atoms. The van der Waals surface area contributed by atoms with E-state index >= 15 is 0 Å². The highest BCUT2D eigenvalue weighted by Crippen LogP contribution is 2.30. The number of nitrogens with zero attached hydrogens (tertiary/aromatic N) is 1. The van der Waals surface area contributed by atoms with Crippen LogP contribution in [-0.4, -0.2) is 24.5 Å². The van der Waals surface area contributed by atoms with Gasteiger partial charge in [0.05, 0.1) is 0 Å². The smallest absolute Gasteiger partial charge is 0.0470 e. The standard InChI is InChI=1S/C18H30N2/c1-13(2)9-16-5-7-17(8-6-16)18(10-19)20-11-14(3)15(4)12-20/h5-8,13-15,18H,9-12,19H2,1-4H3. The lowest BCUT2D eigenvalue weighted by Crippen LogP contribution is -2.32. The number of hydrogen-bond donors (Lipinski definition) is 1. The SMILES string of the molecule is CC(C)Cc1ccc(C(CN)N2CC(C)C(C)C2)cc1. The molecule has 112 valence electrons. The number of benzene rings is 1. The lowest BCUT2D eigenvalue weighted by molar-refractivity contribution is 0.240. The van der Waals surface area contributed by atoms with Crippen molar-refractivity contribution in [3.8, 4) is 0 Å². The topological polar surface area (TPSA) is 29.3 Å². The van der Waals surface area contributed by atoms with Crippen molar-refractivity contribution in [2.45, 2.75) is 40.2 Å². The van der Waals surface area contributed by atoms with Crippen LogP contribution in [0.4, 0.5) is 0 Å². The lowest BCUT2D eigenvalue weighted by atomic mass is 9.99. The molecule has 0 saturated carbocycles. The molecule has 0 aliphatic carbocycles. The van der Waals surface area contributed by atoms with Crippen LogP contribution in [0.1, 0.15) is 44.9 Å². The van der Waals surface area contributed by atoms with Crippen molar-refractivity contribution in [3.63, 3.8) is 0 Å². The van der Waals surface area contributed by atoms with E-state index in [2.05, 4.69) is 56.9 Å². The Hall–Kier alpha value is -0.860. The van der Waals surface area contributed by atoms with Gasteiger partial charge in [-0.05, 0) is 35.3 Å². The largest absolute Gasteiger partial charge is 0.329 e. The van der Waals surface area contributed by atoms with E-state index in [1.54, 1.807) is 0 Å². The Balaban J connectivity index is 2.08. The van der Waals surface area contributed by atoms with E-state index in [9.17, 15) is 0 Å². The fourth-order valence-corrected chi connectivity index (χ4v) is 3.27. The first-order valence-electron chi connectivity index (χ1n) is 8.04. The summed E-state index contributed by atoms with van der Waals surface area (Å²) in [6.07, 6.45) is 1.16. The van der Waals surface area contributed by atoms with Gasteiger partial charge in [0.15, 0.2) is 0 Å². The molecule has 0 amide bonds. The number of hydrogen-bond acceptors (Lipinski definition) is 2. The first kappa shape index (κ1) is 15.5. The van der Waals surface area contributed by atoms with E-state index < -0.39 is 0 Å². The molecule has 20 heavy (non-hydrogen) atoms. The van der Waals surface area contributed by atoms with E-state index in [1.165, 1.54) is 24.2 Å². The summed E-state index contributed by atoms with van der Waals surface area (Å²) in [6.45, 7) is 12.3. The number of rotatable bonds is 5. The average Bonchev–Trinajstić information content (AvgIpc) is 2.72. The number of likely N-dealkylation sites (tertiary alicyclic amines) is 1. The van der Waals surface area contributed by atoms with Gasteiger partial charge in [0.2, 0.25) is 0 Å². The fourth-order valence-electron chi connectivity index (χ4n) is 3.27. The van der Waals surface area contributed by atoms with Crippen molar-refractivity contribution in [1.29, 1.82) is 0 Å². The van der Waals surface area contributed by atoms with Crippen LogP contribution >= 0.6 is 0 Å². The van der Waals surface area contributed by atoms with E-state index in [4.69, 9.17) is 5.73 Å². The predicted molar refractivity (Wildman–Crippen MR) is 86.7 cm³/mol. The molecule has 3 unspecified atom stereocenters. The minimum atomic E-state index is 0.385. The van der Waals surface area contributed by atoms with Crippen LogP contribution in [-0.2, 0) is 6.42 Å². The van der Waals surface area contributed by atoms with Gasteiger partial charge in [0.25, 0.3) is 0 Å². The summed E-state index contributed by atoms with van der Waals surface area (Å²) in [5.74, 6) is 2.28. The maximum Gasteiger partial charge on any atom is 0.0470 e. The van der Waals surface area contributed by atoms with Gasteiger partial charge in [0, 0.05) is 25.7 Å². The molecular formula is C18H30N2. The molecule has 2 heteroatoms. The molecule has 3 atom stereocenters. The van der Waals surface area contributed by atoms with Gasteiger partial charge < -0.3 is 5.73 Å². The lowest BCUT2D eigenvalue weighted by Gasteiger charge is -2.27. The Morgan fingerprint density at radius 2 is 1.65 bits per heavy atom. The van der Waals surface area contributed by atoms with Crippen LogP contribution < -0.4 is 5.73 Å². The molecule has 2 rings (SSSR count). The Bertz CT molecular complexity index is 400. The average molecular weight is 274 g/mol. The molecular weight excluding hydrogens is 244 g/mol. The second-order valence-corrected chi connectivity index (χ2v) is 7.00. The van der Waals surface area contributed by atoms with Crippen LogP contribution in [0.2, 0.25) is 0 Å². The van der Waals surface area contributed by atoms with Gasteiger partial charge in [-0.3, -0.25) is 4.90 Å². The van der Waals surface area contributed by atoms with Crippen molar-refractivity contribution in [3.05, 3.63) is 35.4 Å². The Morgan fingerprint density at radius 3 is 2.10 bits per heavy atom. The van der Waals surface area contributed by atoms with Gasteiger partial charge in [-0.25, -0.2) is 0 Å². The molecule has 0 radical (unpaired) electrons. The van der Waals surface area contributed by atoms with E-state index in [1.807, 2.05) is 0 Å². The van der Waals surface area contributed by atoms with Gasteiger partial charge >= 0.3 is 0 Å². The zero-order valence-corrected chi connectivity index (χ0v) is 13.5. The van der Waals surface area contributed by atoms with Gasteiger partial charge in [-0.15, -0.1) is 0 Å². The summed E-state index contributed by atoms with van der Waals surface area (Å²) in [5.41, 5.74) is 8.86. The zero-order valence-electron chi connectivity index (χ0n) is 13.5. The summed E-state index contributed by atoms with van der Waals surface area (Å²) in [7, 11) is 0. The second-order valence-electron chi connectivity index (χ2n) is 7.00. The summed E-state index contributed by atoms with van der Waals surface area (Å²) in [5, 5.41) is 0. The number of nitrogens with two attached hydrogens (primary N) is 1. The molecule has 1 heterocycles. The highest BCUT2D eigenvalue weighted by atomic mass is 15.2. The third-order valence-corrected chi connectivity index (χ3v) is 4.69. The third-order valence-electron chi connectivity index (χ3n) is 4.69. The quantitative estimate of drug-likeness (QED) is 0.891. The van der Waals surface area contributed by atoms with Crippen LogP contribution in [0.3, 0.4) is 0 Å². The second kappa shape index (κ2) is 6.73. The van der Waals surface area contributed by atoms with Crippen molar-refractivity contribution in [2.24, 2.45) is 23.5 Å². The van der Waals surface area contributed by atoms with Crippen LogP contribution in [0.15, 0.2) is 24.3 Å². The molecule has 2 N–H and O–H groups in total. The normalized spacial score (nSPS) is 25.3. The monoisotopic (exact) mass is 274 g/mol. The van der Waals surface area contributed by atoms with Gasteiger partial charge in [-0.2, -0.15) is 0 Å². The van der Waals surface area contributed by atoms with Crippen molar-refractivity contribution < 1.29 is 0 Å². The molecule has 1 fully saturated rings. The van der Waals surface area contributed by atoms with Crippen LogP contribution in [0.25, 0.3) is 0 Å². The molecule has 1 saturated heterocycles. The first-order chi connectivity index (χ1) is 9.51. The summed E-state index contributed by atoms with van der Waals surface area (Å²) in [6, 6.07) is 9.50. The third kappa shape index (κ3) is 3.62. The summed E-state index contributed by atoms with van der Waals surface area (Å²) >= 11 is 0.